The minimum atomic E-state index is 0.529. The molecule has 3 heteroatoms. The molecule has 0 amide bonds. The van der Waals surface area contributed by atoms with E-state index in [4.69, 9.17) is 5.73 Å². The maximum atomic E-state index is 5.29. The third kappa shape index (κ3) is 5.92. The van der Waals surface area contributed by atoms with Crippen LogP contribution in [0.2, 0.25) is 0 Å². The lowest BCUT2D eigenvalue weighted by molar-refractivity contribution is 0.911. The molecule has 0 radical (unpaired) electrons. The summed E-state index contributed by atoms with van der Waals surface area (Å²) in [6, 6.07) is 0. The fraction of sp³-hybridized carbons (Fsp3) is 0.667. The van der Waals surface area contributed by atoms with Crippen molar-refractivity contribution in [2.24, 2.45) is 12.8 Å². The van der Waals surface area contributed by atoms with E-state index >= 15 is 0 Å². The number of aromatic nitrogens is 2. The Balaban J connectivity index is 0. The molecule has 0 fully saturated rings. The van der Waals surface area contributed by atoms with Crippen molar-refractivity contribution in [2.75, 3.05) is 0 Å². The van der Waals surface area contributed by atoms with Crippen LogP contribution in [0.3, 0.4) is 0 Å². The van der Waals surface area contributed by atoms with Crippen molar-refractivity contribution in [1.82, 2.24) is 9.55 Å². The van der Waals surface area contributed by atoms with Crippen LogP contribution >= 0.6 is 0 Å². The van der Waals surface area contributed by atoms with E-state index in [0.29, 0.717) is 6.54 Å². The van der Waals surface area contributed by atoms with E-state index in [1.165, 1.54) is 0 Å². The highest BCUT2D eigenvalue weighted by Gasteiger charge is 1.88. The van der Waals surface area contributed by atoms with Gasteiger partial charge in [0.1, 0.15) is 0 Å². The Kier molecular flexibility index (Phi) is 11.6. The molecule has 0 saturated heterocycles. The van der Waals surface area contributed by atoms with E-state index in [9.17, 15) is 0 Å². The van der Waals surface area contributed by atoms with Gasteiger partial charge in [-0.15, -0.1) is 0 Å². The molecule has 12 heavy (non-hydrogen) atoms. The van der Waals surface area contributed by atoms with Crippen LogP contribution in [0, 0.1) is 0 Å². The Bertz CT molecular complexity index is 170. The van der Waals surface area contributed by atoms with Crippen LogP contribution in [0.4, 0.5) is 0 Å². The van der Waals surface area contributed by atoms with Gasteiger partial charge >= 0.3 is 0 Å². The van der Waals surface area contributed by atoms with Gasteiger partial charge in [-0.3, -0.25) is 0 Å². The zero-order chi connectivity index (χ0) is 9.98. The summed E-state index contributed by atoms with van der Waals surface area (Å²) in [6.45, 7) is 8.53. The zero-order valence-electron chi connectivity index (χ0n) is 8.83. The SMILES string of the molecule is CC.CC.Cn1cnc(CN)c1. The topological polar surface area (TPSA) is 43.8 Å². The Morgan fingerprint density at radius 3 is 2.00 bits per heavy atom. The van der Waals surface area contributed by atoms with Gasteiger partial charge in [0.25, 0.3) is 0 Å². The van der Waals surface area contributed by atoms with Crippen LogP contribution in [-0.4, -0.2) is 9.55 Å². The van der Waals surface area contributed by atoms with Gasteiger partial charge < -0.3 is 10.3 Å². The molecule has 1 aromatic rings. The first-order valence-electron chi connectivity index (χ1n) is 4.50. The molecule has 0 aromatic carbocycles. The summed E-state index contributed by atoms with van der Waals surface area (Å²) >= 11 is 0. The van der Waals surface area contributed by atoms with E-state index in [1.807, 2.05) is 45.5 Å². The molecule has 0 aliphatic carbocycles. The van der Waals surface area contributed by atoms with Crippen molar-refractivity contribution in [3.05, 3.63) is 18.2 Å². The van der Waals surface area contributed by atoms with Crippen molar-refractivity contribution >= 4 is 0 Å². The first-order chi connectivity index (χ1) is 5.83. The summed E-state index contributed by atoms with van der Waals surface area (Å²) in [5.74, 6) is 0. The first kappa shape index (κ1) is 13.7. The van der Waals surface area contributed by atoms with Crippen LogP contribution in [0.25, 0.3) is 0 Å². The van der Waals surface area contributed by atoms with Gasteiger partial charge in [-0.2, -0.15) is 0 Å². The molecule has 0 spiro atoms. The highest BCUT2D eigenvalue weighted by Crippen LogP contribution is 1.89. The lowest BCUT2D eigenvalue weighted by atomic mass is 10.5. The maximum Gasteiger partial charge on any atom is 0.0947 e. The summed E-state index contributed by atoms with van der Waals surface area (Å²) in [4.78, 5) is 3.97. The Labute approximate surface area is 75.6 Å². The molecule has 0 saturated carbocycles. The predicted molar refractivity (Wildman–Crippen MR) is 53.8 cm³/mol. The van der Waals surface area contributed by atoms with Gasteiger partial charge in [0.15, 0.2) is 0 Å². The van der Waals surface area contributed by atoms with Crippen molar-refractivity contribution in [3.8, 4) is 0 Å². The Morgan fingerprint density at radius 1 is 1.33 bits per heavy atom. The van der Waals surface area contributed by atoms with Crippen LogP contribution in [0.5, 0.6) is 0 Å². The standard InChI is InChI=1S/C5H9N3.2C2H6/c1-8-3-5(2-6)7-4-8;2*1-2/h3-4H,2,6H2,1H3;2*1-2H3. The van der Waals surface area contributed by atoms with Crippen LogP contribution in [0.1, 0.15) is 33.4 Å². The first-order valence-corrected chi connectivity index (χ1v) is 4.50. The Hall–Kier alpha value is -0.830. The van der Waals surface area contributed by atoms with E-state index in [2.05, 4.69) is 4.98 Å². The molecule has 0 unspecified atom stereocenters. The second-order valence-corrected chi connectivity index (χ2v) is 1.73. The second kappa shape index (κ2) is 10.2. The highest BCUT2D eigenvalue weighted by atomic mass is 15.0. The number of hydrogen-bond acceptors (Lipinski definition) is 2. The molecule has 1 aromatic heterocycles. The molecular weight excluding hydrogens is 150 g/mol. The lowest BCUT2D eigenvalue weighted by Gasteiger charge is -1.82. The van der Waals surface area contributed by atoms with E-state index in [1.54, 1.807) is 6.33 Å². The molecule has 72 valence electrons. The molecule has 1 heterocycles. The lowest BCUT2D eigenvalue weighted by Crippen LogP contribution is -1.95. The number of rotatable bonds is 1. The van der Waals surface area contributed by atoms with Gasteiger partial charge in [0, 0.05) is 19.8 Å². The van der Waals surface area contributed by atoms with Crippen molar-refractivity contribution in [3.63, 3.8) is 0 Å². The van der Waals surface area contributed by atoms with Crippen LogP contribution in [-0.2, 0) is 13.6 Å². The zero-order valence-corrected chi connectivity index (χ0v) is 8.83. The summed E-state index contributed by atoms with van der Waals surface area (Å²) in [5, 5.41) is 0. The average Bonchev–Trinajstić information content (AvgIpc) is 2.58. The van der Waals surface area contributed by atoms with E-state index in [0.717, 1.165) is 5.69 Å². The van der Waals surface area contributed by atoms with Gasteiger partial charge in [0.2, 0.25) is 0 Å². The fourth-order valence-electron chi connectivity index (χ4n) is 0.572. The minimum Gasteiger partial charge on any atom is -0.340 e. The quantitative estimate of drug-likeness (QED) is 0.701. The summed E-state index contributed by atoms with van der Waals surface area (Å²) in [5.41, 5.74) is 6.22. The number of nitrogens with two attached hydrogens (primary N) is 1. The largest absolute Gasteiger partial charge is 0.340 e. The third-order valence-electron chi connectivity index (χ3n) is 0.967. The minimum absolute atomic E-state index is 0.529. The monoisotopic (exact) mass is 171 g/mol. The molecule has 3 nitrogen and oxygen atoms in total. The molecular formula is C9H21N3. The van der Waals surface area contributed by atoms with E-state index in [-0.39, 0.29) is 0 Å². The molecule has 0 atom stereocenters. The van der Waals surface area contributed by atoms with Crippen LogP contribution < -0.4 is 5.73 Å². The highest BCUT2D eigenvalue weighted by molar-refractivity contribution is 4.94. The van der Waals surface area contributed by atoms with Gasteiger partial charge in [-0.25, -0.2) is 4.98 Å². The molecule has 2 N–H and O–H groups in total. The molecule has 1 rings (SSSR count). The summed E-state index contributed by atoms with van der Waals surface area (Å²) in [7, 11) is 1.92. The molecule has 0 aliphatic heterocycles. The van der Waals surface area contributed by atoms with Gasteiger partial charge in [-0.1, -0.05) is 27.7 Å². The summed E-state index contributed by atoms with van der Waals surface area (Å²) in [6.07, 6.45) is 3.64. The van der Waals surface area contributed by atoms with Gasteiger partial charge in [0.05, 0.1) is 12.0 Å². The number of aryl methyl sites for hydroxylation is 1. The fourth-order valence-corrected chi connectivity index (χ4v) is 0.572. The average molecular weight is 171 g/mol. The van der Waals surface area contributed by atoms with Crippen LogP contribution in [0.15, 0.2) is 12.5 Å². The maximum absolute atomic E-state index is 5.29. The van der Waals surface area contributed by atoms with E-state index < -0.39 is 0 Å². The normalized spacial score (nSPS) is 7.50. The van der Waals surface area contributed by atoms with Crippen molar-refractivity contribution in [2.45, 2.75) is 34.2 Å². The number of nitrogens with zero attached hydrogens (tertiary/aromatic N) is 2. The smallest absolute Gasteiger partial charge is 0.0947 e. The van der Waals surface area contributed by atoms with Crippen molar-refractivity contribution < 1.29 is 0 Å². The Morgan fingerprint density at radius 2 is 1.83 bits per heavy atom. The third-order valence-corrected chi connectivity index (χ3v) is 0.967. The molecule has 0 aliphatic rings. The second-order valence-electron chi connectivity index (χ2n) is 1.73. The summed E-state index contributed by atoms with van der Waals surface area (Å²) < 4.78 is 1.88. The van der Waals surface area contributed by atoms with Gasteiger partial charge in [-0.05, 0) is 0 Å². The number of hydrogen-bond donors (Lipinski definition) is 1. The predicted octanol–water partition coefficient (Wildman–Crippen LogP) is 1.93. The van der Waals surface area contributed by atoms with Crippen molar-refractivity contribution in [1.29, 1.82) is 0 Å². The molecule has 0 bridgehead atoms. The number of imidazole rings is 1.